The maximum Gasteiger partial charge on any atom is 0.273 e. The van der Waals surface area contributed by atoms with Crippen molar-refractivity contribution >= 4 is 28.2 Å². The van der Waals surface area contributed by atoms with E-state index in [2.05, 4.69) is 24.1 Å². The van der Waals surface area contributed by atoms with Crippen LogP contribution in [0.1, 0.15) is 68.6 Å². The first kappa shape index (κ1) is 23.8. The average molecular weight is 510 g/mol. The second-order valence-corrected chi connectivity index (χ2v) is 12.5. The predicted octanol–water partition coefficient (Wildman–Crippen LogP) is 5.42. The fraction of sp³-hybridized carbons (Fsp3) is 0.536. The summed E-state index contributed by atoms with van der Waals surface area (Å²) in [6, 6.07) is 3.48. The van der Waals surface area contributed by atoms with Crippen molar-refractivity contribution in [2.45, 2.75) is 64.1 Å². The van der Waals surface area contributed by atoms with Crippen LogP contribution in [0.25, 0.3) is 0 Å². The molecule has 2 aromatic heterocycles. The number of H-pyrrole nitrogens is 1. The van der Waals surface area contributed by atoms with Gasteiger partial charge in [0.1, 0.15) is 5.69 Å². The van der Waals surface area contributed by atoms with Gasteiger partial charge in [0, 0.05) is 28.8 Å². The fourth-order valence-corrected chi connectivity index (χ4v) is 9.07. The number of rotatable bonds is 3. The summed E-state index contributed by atoms with van der Waals surface area (Å²) in [4.78, 5) is 32.2. The van der Waals surface area contributed by atoms with Gasteiger partial charge in [0.25, 0.3) is 5.91 Å². The lowest BCUT2D eigenvalue weighted by Gasteiger charge is -2.62. The third-order valence-corrected chi connectivity index (χ3v) is 10.7. The summed E-state index contributed by atoms with van der Waals surface area (Å²) in [6.45, 7) is 6.25. The number of fused-ring (bicyclic) bond motifs is 5. The van der Waals surface area contributed by atoms with Crippen molar-refractivity contribution in [1.82, 2.24) is 9.97 Å². The number of aromatic amines is 1. The summed E-state index contributed by atoms with van der Waals surface area (Å²) in [5, 5.41) is 16.9. The molecule has 4 aliphatic rings. The van der Waals surface area contributed by atoms with E-state index in [-0.39, 0.29) is 40.8 Å². The van der Waals surface area contributed by atoms with Crippen LogP contribution >= 0.6 is 11.3 Å². The molecule has 8 unspecified atom stereocenters. The molecule has 8 heteroatoms. The highest BCUT2D eigenvalue weighted by atomic mass is 32.1. The van der Waals surface area contributed by atoms with Crippen LogP contribution < -0.4 is 5.32 Å². The van der Waals surface area contributed by atoms with Crippen molar-refractivity contribution in [1.29, 1.82) is 0 Å². The Hall–Kier alpha value is -2.58. The van der Waals surface area contributed by atoms with Crippen LogP contribution in [0.4, 0.5) is 9.52 Å². The molecule has 0 aliphatic heterocycles. The number of aromatic nitrogens is 2. The number of alkyl halides is 1. The first-order valence-electron chi connectivity index (χ1n) is 12.8. The zero-order valence-corrected chi connectivity index (χ0v) is 21.6. The highest BCUT2D eigenvalue weighted by molar-refractivity contribution is 7.14. The first-order chi connectivity index (χ1) is 17.1. The highest BCUT2D eigenvalue weighted by Gasteiger charge is 2.71. The minimum absolute atomic E-state index is 0.0577. The number of carbonyl (C=O) groups is 2. The molecule has 1 amide bonds. The SMILES string of the molecule is CC1CC2C3CCC4=CC(=O)C=CC4(C)C3(F)C(O)CC2(C)C1c1csc(NC(=O)c2ccc[nH]2)n1. The minimum Gasteiger partial charge on any atom is -0.390 e. The molecule has 8 atom stereocenters. The van der Waals surface area contributed by atoms with Gasteiger partial charge < -0.3 is 10.1 Å². The van der Waals surface area contributed by atoms with E-state index < -0.39 is 17.2 Å². The van der Waals surface area contributed by atoms with Gasteiger partial charge in [0.05, 0.1) is 11.8 Å². The number of anilines is 1. The molecule has 0 saturated heterocycles. The standard InChI is InChI=1S/C28H32FN3O3S/c1-15-11-19-18-7-6-16-12-17(33)8-9-27(16,3)28(18,29)22(34)13-26(19,2)23(15)21-14-36-25(31-21)32-24(35)20-5-4-10-30-20/h4-5,8-10,12,14-15,18-19,22-23,30,34H,6-7,11,13H2,1-3H3,(H,31,32,35). The van der Waals surface area contributed by atoms with Crippen molar-refractivity contribution < 1.29 is 19.1 Å². The number of nitrogens with one attached hydrogen (secondary N) is 2. The van der Waals surface area contributed by atoms with Crippen LogP contribution in [0.5, 0.6) is 0 Å². The van der Waals surface area contributed by atoms with E-state index in [4.69, 9.17) is 4.98 Å². The number of aliphatic hydroxyl groups is 1. The molecule has 0 spiro atoms. The van der Waals surface area contributed by atoms with Crippen LogP contribution in [-0.2, 0) is 4.79 Å². The maximum atomic E-state index is 17.3. The summed E-state index contributed by atoms with van der Waals surface area (Å²) in [7, 11) is 0. The fourth-order valence-electron chi connectivity index (χ4n) is 8.33. The van der Waals surface area contributed by atoms with Crippen LogP contribution in [-0.4, -0.2) is 38.5 Å². The molecule has 36 heavy (non-hydrogen) atoms. The molecule has 190 valence electrons. The highest BCUT2D eigenvalue weighted by Crippen LogP contribution is 2.71. The van der Waals surface area contributed by atoms with Gasteiger partial charge in [-0.3, -0.25) is 14.9 Å². The molecule has 2 heterocycles. The Kier molecular flexibility index (Phi) is 5.26. The molecule has 6 nitrogen and oxygen atoms in total. The van der Waals surface area contributed by atoms with Gasteiger partial charge in [-0.15, -0.1) is 11.3 Å². The Bertz CT molecular complexity index is 1280. The third kappa shape index (κ3) is 3.13. The number of thiazole rings is 1. The normalized spacial score (nSPS) is 41.3. The van der Waals surface area contributed by atoms with E-state index in [9.17, 15) is 14.7 Å². The van der Waals surface area contributed by atoms with Crippen molar-refractivity contribution in [3.8, 4) is 0 Å². The zero-order valence-electron chi connectivity index (χ0n) is 20.8. The molecular weight excluding hydrogens is 477 g/mol. The summed E-state index contributed by atoms with van der Waals surface area (Å²) in [5.74, 6) is -0.229. The lowest BCUT2D eigenvalue weighted by Crippen LogP contribution is -2.66. The van der Waals surface area contributed by atoms with E-state index in [1.807, 2.05) is 12.3 Å². The van der Waals surface area contributed by atoms with Crippen LogP contribution in [0.15, 0.2) is 47.5 Å². The minimum atomic E-state index is -1.82. The Morgan fingerprint density at radius 2 is 2.14 bits per heavy atom. The van der Waals surface area contributed by atoms with Crippen LogP contribution in [0.2, 0.25) is 0 Å². The summed E-state index contributed by atoms with van der Waals surface area (Å²) < 4.78 is 17.3. The molecule has 0 bridgehead atoms. The summed E-state index contributed by atoms with van der Waals surface area (Å²) >= 11 is 1.40. The molecule has 6 rings (SSSR count). The number of aliphatic hydroxyl groups excluding tert-OH is 1. The number of carbonyl (C=O) groups excluding carboxylic acids is 2. The first-order valence-corrected chi connectivity index (χ1v) is 13.7. The van der Waals surface area contributed by atoms with Crippen molar-refractivity contribution in [3.05, 3.63) is 58.9 Å². The van der Waals surface area contributed by atoms with Crippen molar-refractivity contribution in [3.63, 3.8) is 0 Å². The summed E-state index contributed by atoms with van der Waals surface area (Å²) in [5.41, 5.74) is -0.920. The van der Waals surface area contributed by atoms with Crippen LogP contribution in [0.3, 0.4) is 0 Å². The lowest BCUT2D eigenvalue weighted by atomic mass is 9.45. The van der Waals surface area contributed by atoms with E-state index >= 15 is 4.39 Å². The molecular formula is C28H32FN3O3S. The van der Waals surface area contributed by atoms with Gasteiger partial charge in [-0.05, 0) is 74.1 Å². The van der Waals surface area contributed by atoms with Crippen molar-refractivity contribution in [2.24, 2.45) is 28.6 Å². The molecule has 3 fully saturated rings. The van der Waals surface area contributed by atoms with Gasteiger partial charge in [-0.2, -0.15) is 0 Å². The Morgan fingerprint density at radius 1 is 1.33 bits per heavy atom. The van der Waals surface area contributed by atoms with E-state index in [1.54, 1.807) is 30.5 Å². The molecule has 3 N–H and O–H groups in total. The van der Waals surface area contributed by atoms with E-state index in [0.717, 1.165) is 17.7 Å². The van der Waals surface area contributed by atoms with E-state index in [0.29, 0.717) is 30.1 Å². The second-order valence-electron chi connectivity index (χ2n) is 11.7. The number of ketones is 1. The molecule has 0 radical (unpaired) electrons. The average Bonchev–Trinajstić information content (AvgIpc) is 3.56. The monoisotopic (exact) mass is 509 g/mol. The number of allylic oxidation sites excluding steroid dienone is 4. The van der Waals surface area contributed by atoms with Crippen LogP contribution in [0, 0.1) is 28.6 Å². The predicted molar refractivity (Wildman–Crippen MR) is 137 cm³/mol. The quantitative estimate of drug-likeness (QED) is 0.515. The number of nitrogens with zero attached hydrogens (tertiary/aromatic N) is 1. The third-order valence-electron chi connectivity index (χ3n) is 9.88. The molecule has 4 aliphatic carbocycles. The number of hydrogen-bond donors (Lipinski definition) is 3. The van der Waals surface area contributed by atoms with E-state index in [1.165, 1.54) is 17.4 Å². The van der Waals surface area contributed by atoms with Gasteiger partial charge >= 0.3 is 0 Å². The topological polar surface area (TPSA) is 95.1 Å². The Balaban J connectivity index is 1.32. The number of amides is 1. The largest absolute Gasteiger partial charge is 0.390 e. The Labute approximate surface area is 214 Å². The lowest BCUT2D eigenvalue weighted by molar-refractivity contribution is -0.191. The Morgan fingerprint density at radius 3 is 2.89 bits per heavy atom. The maximum absolute atomic E-state index is 17.3. The summed E-state index contributed by atoms with van der Waals surface area (Å²) in [6.07, 6.45) is 7.82. The zero-order chi connectivity index (χ0) is 25.5. The van der Waals surface area contributed by atoms with Gasteiger partial charge in [-0.1, -0.05) is 25.5 Å². The van der Waals surface area contributed by atoms with Crippen molar-refractivity contribution in [2.75, 3.05) is 5.32 Å². The van der Waals surface area contributed by atoms with Gasteiger partial charge in [0.15, 0.2) is 16.6 Å². The second kappa shape index (κ2) is 7.96. The molecule has 0 aromatic carbocycles. The molecule has 3 saturated carbocycles. The van der Waals surface area contributed by atoms with Gasteiger partial charge in [0.2, 0.25) is 0 Å². The smallest absolute Gasteiger partial charge is 0.273 e. The number of hydrogen-bond acceptors (Lipinski definition) is 5. The molecule has 2 aromatic rings. The van der Waals surface area contributed by atoms with Gasteiger partial charge in [-0.25, -0.2) is 9.37 Å². The number of halogens is 1.